The van der Waals surface area contributed by atoms with Gasteiger partial charge in [0.05, 0.1) is 4.90 Å². The lowest BCUT2D eigenvalue weighted by molar-refractivity contribution is -0.155. The van der Waals surface area contributed by atoms with E-state index < -0.39 is 28.6 Å². The molecule has 1 unspecified atom stereocenters. The van der Waals surface area contributed by atoms with Crippen LogP contribution in [0.15, 0.2) is 59.5 Å². The first-order chi connectivity index (χ1) is 15.7. The van der Waals surface area contributed by atoms with Crippen LogP contribution in [-0.4, -0.2) is 69.8 Å². The van der Waals surface area contributed by atoms with Gasteiger partial charge in [0.1, 0.15) is 6.04 Å². The van der Waals surface area contributed by atoms with Gasteiger partial charge in [0.15, 0.2) is 6.61 Å². The first-order valence-electron chi connectivity index (χ1n) is 10.9. The fourth-order valence-electron chi connectivity index (χ4n) is 3.76. The molecule has 1 atom stereocenters. The molecule has 1 heterocycles. The lowest BCUT2D eigenvalue weighted by Gasteiger charge is -2.33. The van der Waals surface area contributed by atoms with E-state index >= 15 is 0 Å². The third-order valence-electron chi connectivity index (χ3n) is 5.71. The van der Waals surface area contributed by atoms with Gasteiger partial charge in [-0.3, -0.25) is 9.59 Å². The average Bonchev–Trinajstić information content (AvgIpc) is 2.83. The van der Waals surface area contributed by atoms with E-state index in [9.17, 15) is 18.0 Å². The SMILES string of the molecule is CN(Cc1ccc(N(C)C)cc1)C(=O)COC(=O)C1CCCCN1S(=O)(=O)c1ccccc1. The number of piperidine rings is 1. The number of ether oxygens (including phenoxy) is 1. The summed E-state index contributed by atoms with van der Waals surface area (Å²) >= 11 is 0. The molecule has 1 fully saturated rings. The van der Waals surface area contributed by atoms with E-state index in [1.54, 1.807) is 25.2 Å². The number of sulfonamides is 1. The number of anilines is 1. The van der Waals surface area contributed by atoms with Gasteiger partial charge in [-0.05, 0) is 49.1 Å². The molecule has 2 aromatic carbocycles. The molecule has 1 aliphatic rings. The minimum Gasteiger partial charge on any atom is -0.454 e. The molecule has 0 aliphatic carbocycles. The Labute approximate surface area is 195 Å². The molecule has 33 heavy (non-hydrogen) atoms. The summed E-state index contributed by atoms with van der Waals surface area (Å²) in [5.74, 6) is -1.04. The molecule has 2 aromatic rings. The Morgan fingerprint density at radius 1 is 1.00 bits per heavy atom. The molecule has 0 bridgehead atoms. The summed E-state index contributed by atoms with van der Waals surface area (Å²) in [5, 5.41) is 0. The van der Waals surface area contributed by atoms with E-state index in [-0.39, 0.29) is 17.3 Å². The van der Waals surface area contributed by atoms with Crippen LogP contribution in [0.3, 0.4) is 0 Å². The predicted octanol–water partition coefficient (Wildman–Crippen LogP) is 2.50. The number of nitrogens with zero attached hydrogens (tertiary/aromatic N) is 3. The lowest BCUT2D eigenvalue weighted by atomic mass is 10.1. The number of amides is 1. The standard InChI is InChI=1S/C24H31N3O5S/c1-25(2)20-14-12-19(13-15-20)17-26(3)23(28)18-32-24(29)22-11-7-8-16-27(22)33(30,31)21-9-5-4-6-10-21/h4-6,9-10,12-15,22H,7-8,11,16-18H2,1-3H3. The molecule has 1 aliphatic heterocycles. The molecular formula is C24H31N3O5S. The van der Waals surface area contributed by atoms with Gasteiger partial charge in [-0.25, -0.2) is 8.42 Å². The van der Waals surface area contributed by atoms with Crippen molar-refractivity contribution in [1.82, 2.24) is 9.21 Å². The molecule has 0 radical (unpaired) electrons. The van der Waals surface area contributed by atoms with E-state index in [1.807, 2.05) is 43.3 Å². The Bertz CT molecular complexity index is 1060. The topological polar surface area (TPSA) is 87.2 Å². The van der Waals surface area contributed by atoms with Crippen LogP contribution in [0.1, 0.15) is 24.8 Å². The Morgan fingerprint density at radius 3 is 2.30 bits per heavy atom. The second-order valence-corrected chi connectivity index (χ2v) is 10.2. The van der Waals surface area contributed by atoms with Gasteiger partial charge in [-0.2, -0.15) is 4.31 Å². The summed E-state index contributed by atoms with van der Waals surface area (Å²) in [5.41, 5.74) is 2.01. The number of carbonyl (C=O) groups excluding carboxylic acids is 2. The van der Waals surface area contributed by atoms with Crippen LogP contribution in [0.4, 0.5) is 5.69 Å². The third-order valence-corrected chi connectivity index (χ3v) is 7.63. The lowest BCUT2D eigenvalue weighted by Crippen LogP contribution is -2.49. The molecule has 0 N–H and O–H groups in total. The summed E-state index contributed by atoms with van der Waals surface area (Å²) in [4.78, 5) is 28.9. The highest BCUT2D eigenvalue weighted by Gasteiger charge is 2.38. The van der Waals surface area contributed by atoms with Crippen LogP contribution in [0.5, 0.6) is 0 Å². The fourth-order valence-corrected chi connectivity index (χ4v) is 5.42. The summed E-state index contributed by atoms with van der Waals surface area (Å²) < 4.78 is 32.6. The van der Waals surface area contributed by atoms with Gasteiger partial charge in [0.2, 0.25) is 10.0 Å². The maximum Gasteiger partial charge on any atom is 0.324 e. The van der Waals surface area contributed by atoms with Gasteiger partial charge < -0.3 is 14.5 Å². The van der Waals surface area contributed by atoms with Crippen LogP contribution in [-0.2, 0) is 30.9 Å². The van der Waals surface area contributed by atoms with Gasteiger partial charge in [0, 0.05) is 39.9 Å². The van der Waals surface area contributed by atoms with E-state index in [0.717, 1.165) is 17.7 Å². The first-order valence-corrected chi connectivity index (χ1v) is 12.4. The summed E-state index contributed by atoms with van der Waals surface area (Å²) in [6, 6.07) is 14.9. The van der Waals surface area contributed by atoms with Crippen molar-refractivity contribution < 1.29 is 22.7 Å². The van der Waals surface area contributed by atoms with Crippen molar-refractivity contribution in [3.63, 3.8) is 0 Å². The molecule has 0 saturated carbocycles. The van der Waals surface area contributed by atoms with Crippen LogP contribution >= 0.6 is 0 Å². The van der Waals surface area contributed by atoms with Crippen LogP contribution in [0.2, 0.25) is 0 Å². The highest BCUT2D eigenvalue weighted by Crippen LogP contribution is 2.26. The smallest absolute Gasteiger partial charge is 0.324 e. The Balaban J connectivity index is 1.59. The summed E-state index contributed by atoms with van der Waals surface area (Å²) in [6.07, 6.45) is 1.76. The zero-order valence-corrected chi connectivity index (χ0v) is 20.1. The maximum atomic E-state index is 13.1. The zero-order valence-electron chi connectivity index (χ0n) is 19.3. The predicted molar refractivity (Wildman–Crippen MR) is 126 cm³/mol. The van der Waals surface area contributed by atoms with E-state index in [4.69, 9.17) is 4.74 Å². The van der Waals surface area contributed by atoms with Crippen molar-refractivity contribution in [1.29, 1.82) is 0 Å². The second-order valence-electron chi connectivity index (χ2n) is 8.36. The first kappa shape index (κ1) is 24.7. The molecule has 9 heteroatoms. The molecule has 0 spiro atoms. The van der Waals surface area contributed by atoms with Crippen molar-refractivity contribution in [2.75, 3.05) is 39.2 Å². The zero-order chi connectivity index (χ0) is 24.0. The Morgan fingerprint density at radius 2 is 1.67 bits per heavy atom. The number of esters is 1. The summed E-state index contributed by atoms with van der Waals surface area (Å²) in [7, 11) is 1.73. The number of hydrogen-bond donors (Lipinski definition) is 0. The quantitative estimate of drug-likeness (QED) is 0.548. The normalized spacial score (nSPS) is 16.8. The molecule has 3 rings (SSSR count). The monoisotopic (exact) mass is 473 g/mol. The number of benzene rings is 2. The van der Waals surface area contributed by atoms with Crippen molar-refractivity contribution >= 4 is 27.6 Å². The molecule has 0 aromatic heterocycles. The fraction of sp³-hybridized carbons (Fsp3) is 0.417. The van der Waals surface area contributed by atoms with Gasteiger partial charge >= 0.3 is 5.97 Å². The van der Waals surface area contributed by atoms with Gasteiger partial charge in [-0.1, -0.05) is 30.3 Å². The average molecular weight is 474 g/mol. The van der Waals surface area contributed by atoms with Gasteiger partial charge in [0.25, 0.3) is 5.91 Å². The van der Waals surface area contributed by atoms with Crippen molar-refractivity contribution in [3.8, 4) is 0 Å². The largest absolute Gasteiger partial charge is 0.454 e. The van der Waals surface area contributed by atoms with Crippen LogP contribution in [0, 0.1) is 0 Å². The molecular weight excluding hydrogens is 442 g/mol. The van der Waals surface area contributed by atoms with Crippen molar-refractivity contribution in [2.24, 2.45) is 0 Å². The van der Waals surface area contributed by atoms with E-state index in [0.29, 0.717) is 19.4 Å². The summed E-state index contributed by atoms with van der Waals surface area (Å²) in [6.45, 7) is 0.191. The number of hydrogen-bond acceptors (Lipinski definition) is 6. The maximum absolute atomic E-state index is 13.1. The molecule has 8 nitrogen and oxygen atoms in total. The molecule has 1 saturated heterocycles. The number of rotatable bonds is 8. The number of carbonyl (C=O) groups is 2. The van der Waals surface area contributed by atoms with Gasteiger partial charge in [-0.15, -0.1) is 0 Å². The van der Waals surface area contributed by atoms with E-state index in [2.05, 4.69) is 0 Å². The molecule has 1 amide bonds. The second kappa shape index (κ2) is 10.8. The third kappa shape index (κ3) is 6.11. The van der Waals surface area contributed by atoms with Crippen molar-refractivity contribution in [2.45, 2.75) is 36.7 Å². The highest BCUT2D eigenvalue weighted by molar-refractivity contribution is 7.89. The Kier molecular flexibility index (Phi) is 8.10. The number of likely N-dealkylation sites (N-methyl/N-ethyl adjacent to an activating group) is 1. The minimum atomic E-state index is -3.83. The van der Waals surface area contributed by atoms with Crippen molar-refractivity contribution in [3.05, 3.63) is 60.2 Å². The van der Waals surface area contributed by atoms with Crippen LogP contribution < -0.4 is 4.90 Å². The highest BCUT2D eigenvalue weighted by atomic mass is 32.2. The minimum absolute atomic E-state index is 0.140. The Hall–Kier alpha value is -2.91. The molecule has 178 valence electrons. The van der Waals surface area contributed by atoms with E-state index in [1.165, 1.54) is 21.3 Å². The van der Waals surface area contributed by atoms with Crippen LogP contribution in [0.25, 0.3) is 0 Å².